The Kier molecular flexibility index (Phi) is 7.84. The Hall–Kier alpha value is -2.57. The maximum atomic E-state index is 13.0. The molecule has 28 heavy (non-hydrogen) atoms. The fourth-order valence-electron chi connectivity index (χ4n) is 3.57. The van der Waals surface area contributed by atoms with Crippen LogP contribution >= 0.6 is 0 Å². The van der Waals surface area contributed by atoms with E-state index in [0.717, 1.165) is 31.6 Å². The number of benzene rings is 1. The van der Waals surface area contributed by atoms with Crippen molar-refractivity contribution >= 4 is 23.5 Å². The van der Waals surface area contributed by atoms with E-state index >= 15 is 0 Å². The van der Waals surface area contributed by atoms with Crippen LogP contribution in [0.2, 0.25) is 0 Å². The van der Waals surface area contributed by atoms with Crippen LogP contribution in [-0.2, 0) is 14.3 Å². The zero-order chi connectivity index (χ0) is 20.7. The number of nitrogens with zero attached hydrogens (tertiary/aromatic N) is 2. The van der Waals surface area contributed by atoms with Crippen LogP contribution in [0.15, 0.2) is 24.3 Å². The second-order valence-electron chi connectivity index (χ2n) is 7.28. The van der Waals surface area contributed by atoms with Gasteiger partial charge in [-0.05, 0) is 45.7 Å². The summed E-state index contributed by atoms with van der Waals surface area (Å²) < 4.78 is 4.52. The number of methoxy groups -OCH3 is 1. The third kappa shape index (κ3) is 5.47. The Morgan fingerprint density at radius 1 is 1.21 bits per heavy atom. The second-order valence-corrected chi connectivity index (χ2v) is 7.28. The molecule has 0 unspecified atom stereocenters. The highest BCUT2D eigenvalue weighted by Gasteiger charge is 2.26. The van der Waals surface area contributed by atoms with Crippen molar-refractivity contribution in [2.45, 2.75) is 52.1 Å². The summed E-state index contributed by atoms with van der Waals surface area (Å²) in [4.78, 5) is 40.2. The molecule has 1 heterocycles. The molecule has 1 saturated heterocycles. The van der Waals surface area contributed by atoms with Crippen LogP contribution in [0.1, 0.15) is 50.4 Å². The quantitative estimate of drug-likeness (QED) is 0.571. The van der Waals surface area contributed by atoms with Crippen LogP contribution in [0, 0.1) is 0 Å². The first-order valence-electron chi connectivity index (χ1n) is 9.88. The van der Waals surface area contributed by atoms with Crippen LogP contribution in [-0.4, -0.2) is 61.5 Å². The lowest BCUT2D eigenvalue weighted by Crippen LogP contribution is -2.46. The van der Waals surface area contributed by atoms with Gasteiger partial charge in [-0.1, -0.05) is 12.1 Å². The fourth-order valence-corrected chi connectivity index (χ4v) is 3.57. The molecule has 2 amide bonds. The van der Waals surface area contributed by atoms with Crippen LogP contribution < -0.4 is 10.2 Å². The lowest BCUT2D eigenvalue weighted by molar-refractivity contribution is -0.144. The van der Waals surface area contributed by atoms with E-state index in [0.29, 0.717) is 12.1 Å². The second kappa shape index (κ2) is 10.1. The average molecular weight is 389 g/mol. The number of amides is 2. The predicted molar refractivity (Wildman–Crippen MR) is 108 cm³/mol. The molecule has 2 rings (SSSR count). The molecule has 1 aromatic carbocycles. The van der Waals surface area contributed by atoms with E-state index in [4.69, 9.17) is 0 Å². The van der Waals surface area contributed by atoms with E-state index < -0.39 is 5.97 Å². The minimum Gasteiger partial charge on any atom is -0.469 e. The van der Waals surface area contributed by atoms with E-state index in [1.54, 1.807) is 0 Å². The number of nitrogens with one attached hydrogen (secondary N) is 1. The number of carbonyl (C=O) groups excluding carboxylic acids is 3. The van der Waals surface area contributed by atoms with Crippen molar-refractivity contribution in [1.29, 1.82) is 0 Å². The van der Waals surface area contributed by atoms with Gasteiger partial charge in [-0.2, -0.15) is 0 Å². The summed E-state index contributed by atoms with van der Waals surface area (Å²) >= 11 is 0. The number of hydrogen-bond acceptors (Lipinski definition) is 5. The molecular formula is C21H31N3O4. The highest BCUT2D eigenvalue weighted by Crippen LogP contribution is 2.26. The Balaban J connectivity index is 2.02. The number of ether oxygens (including phenoxy) is 1. The molecule has 1 aliphatic heterocycles. The van der Waals surface area contributed by atoms with Gasteiger partial charge in [0.2, 0.25) is 5.91 Å². The zero-order valence-corrected chi connectivity index (χ0v) is 17.2. The normalized spacial score (nSPS) is 14.7. The molecule has 0 aromatic heterocycles. The fraction of sp³-hybridized carbons (Fsp3) is 0.571. The molecule has 154 valence electrons. The Bertz CT molecular complexity index is 697. The summed E-state index contributed by atoms with van der Waals surface area (Å²) in [5, 5.41) is 2.89. The molecule has 1 aromatic rings. The van der Waals surface area contributed by atoms with Crippen molar-refractivity contribution in [3.05, 3.63) is 29.8 Å². The first-order valence-corrected chi connectivity index (χ1v) is 9.88. The van der Waals surface area contributed by atoms with Gasteiger partial charge >= 0.3 is 5.97 Å². The van der Waals surface area contributed by atoms with Gasteiger partial charge < -0.3 is 19.9 Å². The maximum Gasteiger partial charge on any atom is 0.315 e. The van der Waals surface area contributed by atoms with Gasteiger partial charge in [-0.15, -0.1) is 0 Å². The van der Waals surface area contributed by atoms with E-state index in [-0.39, 0.29) is 30.3 Å². The van der Waals surface area contributed by atoms with Crippen molar-refractivity contribution in [2.75, 3.05) is 31.6 Å². The summed E-state index contributed by atoms with van der Waals surface area (Å²) in [5.74, 6) is -0.800. The first kappa shape index (κ1) is 21.7. The molecule has 0 radical (unpaired) electrons. The zero-order valence-electron chi connectivity index (χ0n) is 17.2. The monoisotopic (exact) mass is 389 g/mol. The van der Waals surface area contributed by atoms with Gasteiger partial charge in [0.05, 0.1) is 12.7 Å². The number of carbonyl (C=O) groups is 3. The van der Waals surface area contributed by atoms with Gasteiger partial charge in [0.1, 0.15) is 6.42 Å². The Morgan fingerprint density at radius 2 is 1.86 bits per heavy atom. The third-order valence-corrected chi connectivity index (χ3v) is 5.09. The topological polar surface area (TPSA) is 79.0 Å². The number of rotatable bonds is 7. The number of anilines is 1. The summed E-state index contributed by atoms with van der Waals surface area (Å²) in [6.45, 7) is 8.17. The maximum absolute atomic E-state index is 13.0. The third-order valence-electron chi connectivity index (χ3n) is 5.09. The van der Waals surface area contributed by atoms with E-state index in [1.165, 1.54) is 7.11 Å². The number of para-hydroxylation sites is 1. The lowest BCUT2D eigenvalue weighted by atomic mass is 10.0. The molecule has 0 aliphatic carbocycles. The molecular weight excluding hydrogens is 358 g/mol. The van der Waals surface area contributed by atoms with Gasteiger partial charge in [0.25, 0.3) is 5.91 Å². The largest absolute Gasteiger partial charge is 0.469 e. The molecule has 0 atom stereocenters. The summed E-state index contributed by atoms with van der Waals surface area (Å²) in [6, 6.07) is 7.87. The molecule has 1 N–H and O–H groups in total. The molecule has 1 fully saturated rings. The molecule has 0 saturated carbocycles. The Labute approximate surface area is 167 Å². The van der Waals surface area contributed by atoms with Gasteiger partial charge in [-0.3, -0.25) is 14.4 Å². The summed E-state index contributed by atoms with van der Waals surface area (Å²) in [7, 11) is 1.27. The van der Waals surface area contributed by atoms with E-state index in [1.807, 2.05) is 49.9 Å². The minimum absolute atomic E-state index is 0.0269. The smallest absolute Gasteiger partial charge is 0.315 e. The molecule has 0 bridgehead atoms. The molecule has 7 nitrogen and oxygen atoms in total. The van der Waals surface area contributed by atoms with E-state index in [9.17, 15) is 14.4 Å². The average Bonchev–Trinajstić information content (AvgIpc) is 2.68. The minimum atomic E-state index is -0.534. The highest BCUT2D eigenvalue weighted by atomic mass is 16.5. The highest BCUT2D eigenvalue weighted by molar-refractivity contribution is 6.00. The van der Waals surface area contributed by atoms with Crippen molar-refractivity contribution in [1.82, 2.24) is 10.2 Å². The number of piperidine rings is 1. The molecule has 0 spiro atoms. The lowest BCUT2D eigenvalue weighted by Gasteiger charge is -2.35. The van der Waals surface area contributed by atoms with Crippen LogP contribution in [0.25, 0.3) is 0 Å². The molecule has 1 aliphatic rings. The standard InChI is InChI=1S/C21H31N3O4/c1-5-24(15(2)3)21(27)17-8-6-7-9-18(17)23-12-10-16(11-13-23)22-19(25)14-20(26)28-4/h6-9,15-16H,5,10-14H2,1-4H3,(H,22,25). The van der Waals surface area contributed by atoms with Crippen LogP contribution in [0.4, 0.5) is 5.69 Å². The molecule has 7 heteroatoms. The Morgan fingerprint density at radius 3 is 2.43 bits per heavy atom. The van der Waals surface area contributed by atoms with Crippen molar-refractivity contribution in [2.24, 2.45) is 0 Å². The number of esters is 1. The summed E-state index contributed by atoms with van der Waals surface area (Å²) in [6.07, 6.45) is 1.27. The number of hydrogen-bond donors (Lipinski definition) is 1. The van der Waals surface area contributed by atoms with Gasteiger partial charge in [-0.25, -0.2) is 0 Å². The van der Waals surface area contributed by atoms with Crippen molar-refractivity contribution in [3.8, 4) is 0 Å². The van der Waals surface area contributed by atoms with Gasteiger partial charge in [0, 0.05) is 37.4 Å². The first-order chi connectivity index (χ1) is 13.4. The van der Waals surface area contributed by atoms with Crippen LogP contribution in [0.5, 0.6) is 0 Å². The predicted octanol–water partition coefficient (Wildman–Crippen LogP) is 2.21. The van der Waals surface area contributed by atoms with Gasteiger partial charge in [0.15, 0.2) is 0 Å². The summed E-state index contributed by atoms with van der Waals surface area (Å²) in [5.41, 5.74) is 1.65. The van der Waals surface area contributed by atoms with Crippen molar-refractivity contribution in [3.63, 3.8) is 0 Å². The SMILES string of the molecule is CCN(C(=O)c1ccccc1N1CCC(NC(=O)CC(=O)OC)CC1)C(C)C. The van der Waals surface area contributed by atoms with Crippen molar-refractivity contribution < 1.29 is 19.1 Å². The van der Waals surface area contributed by atoms with E-state index in [2.05, 4.69) is 15.0 Å². The van der Waals surface area contributed by atoms with Crippen LogP contribution in [0.3, 0.4) is 0 Å².